The monoisotopic (exact) mass is 461 g/mol. The molecule has 2 N–H and O–H groups in total. The molecule has 0 saturated heterocycles. The average Bonchev–Trinajstić information content (AvgIpc) is 2.67. The maximum absolute atomic E-state index is 12.4. The molecule has 3 rings (SSSR count). The first-order chi connectivity index (χ1) is 13.4. The van der Waals surface area contributed by atoms with E-state index in [0.717, 1.165) is 4.47 Å². The zero-order chi connectivity index (χ0) is 20.0. The van der Waals surface area contributed by atoms with Crippen LogP contribution in [0, 0.1) is 0 Å². The van der Waals surface area contributed by atoms with E-state index in [2.05, 4.69) is 31.0 Å². The minimum absolute atomic E-state index is 0.0570. The molecule has 0 saturated carbocycles. The normalized spacial score (nSPS) is 10.9. The van der Waals surface area contributed by atoms with Crippen LogP contribution in [-0.4, -0.2) is 25.9 Å². The number of ether oxygens (including phenoxy) is 1. The number of carbonyl (C=O) groups excluding carboxylic acids is 1. The first-order valence-corrected chi connectivity index (χ1v) is 10.4. The van der Waals surface area contributed by atoms with Gasteiger partial charge in [-0.3, -0.25) is 9.52 Å². The number of hydrogen-bond acceptors (Lipinski definition) is 5. The van der Waals surface area contributed by atoms with Crippen molar-refractivity contribution >= 4 is 43.4 Å². The highest BCUT2D eigenvalue weighted by Crippen LogP contribution is 2.19. The molecule has 0 radical (unpaired) electrons. The first kappa shape index (κ1) is 19.8. The molecule has 0 unspecified atom stereocenters. The Balaban J connectivity index is 1.58. The number of carbonyl (C=O) groups is 1. The molecule has 0 aliphatic heterocycles. The Bertz CT molecular complexity index is 1060. The van der Waals surface area contributed by atoms with Crippen molar-refractivity contribution in [3.63, 3.8) is 0 Å². The molecule has 3 aromatic rings. The number of anilines is 2. The number of sulfonamides is 1. The van der Waals surface area contributed by atoms with Gasteiger partial charge >= 0.3 is 0 Å². The van der Waals surface area contributed by atoms with Crippen LogP contribution in [0.3, 0.4) is 0 Å². The van der Waals surface area contributed by atoms with Crippen molar-refractivity contribution in [1.82, 2.24) is 4.98 Å². The topological polar surface area (TPSA) is 97.4 Å². The highest BCUT2D eigenvalue weighted by atomic mass is 79.9. The van der Waals surface area contributed by atoms with E-state index in [-0.39, 0.29) is 23.2 Å². The van der Waals surface area contributed by atoms with Gasteiger partial charge in [0, 0.05) is 16.4 Å². The third kappa shape index (κ3) is 5.54. The van der Waals surface area contributed by atoms with Crippen molar-refractivity contribution in [1.29, 1.82) is 0 Å². The number of benzene rings is 2. The molecule has 0 spiro atoms. The molecule has 7 nitrogen and oxygen atoms in total. The lowest BCUT2D eigenvalue weighted by molar-refractivity contribution is -0.118. The fourth-order valence-corrected chi connectivity index (χ4v) is 3.63. The largest absolute Gasteiger partial charge is 0.484 e. The second-order valence-electron chi connectivity index (χ2n) is 5.64. The molecule has 0 aliphatic rings. The number of aromatic nitrogens is 1. The number of halogens is 1. The number of hydrogen-bond donors (Lipinski definition) is 2. The van der Waals surface area contributed by atoms with E-state index in [0.29, 0.717) is 11.4 Å². The van der Waals surface area contributed by atoms with Gasteiger partial charge in [0.2, 0.25) is 0 Å². The summed E-state index contributed by atoms with van der Waals surface area (Å²) in [6.07, 6.45) is 1.49. The van der Waals surface area contributed by atoms with Crippen LogP contribution in [0.25, 0.3) is 0 Å². The molecule has 1 amide bonds. The number of rotatable bonds is 7. The predicted octanol–water partition coefficient (Wildman–Crippen LogP) is 3.66. The molecule has 144 valence electrons. The maximum atomic E-state index is 12.4. The van der Waals surface area contributed by atoms with Crippen LogP contribution in [0.2, 0.25) is 0 Å². The molecular weight excluding hydrogens is 446 g/mol. The SMILES string of the molecule is O=C(COc1cccc(Br)c1)Nc1ccc(S(=O)(=O)Nc2ccccn2)cc1. The van der Waals surface area contributed by atoms with E-state index in [1.165, 1.54) is 30.5 Å². The van der Waals surface area contributed by atoms with Crippen LogP contribution in [0.15, 0.2) is 82.3 Å². The average molecular weight is 462 g/mol. The summed E-state index contributed by atoms with van der Waals surface area (Å²) < 4.78 is 33.4. The van der Waals surface area contributed by atoms with E-state index < -0.39 is 10.0 Å². The third-order valence-electron chi connectivity index (χ3n) is 3.52. The number of amides is 1. The molecule has 0 atom stereocenters. The summed E-state index contributed by atoms with van der Waals surface area (Å²) in [5, 5.41) is 2.65. The van der Waals surface area contributed by atoms with Gasteiger partial charge in [-0.1, -0.05) is 28.1 Å². The summed E-state index contributed by atoms with van der Waals surface area (Å²) in [6, 6.07) is 17.9. The van der Waals surface area contributed by atoms with Gasteiger partial charge in [-0.15, -0.1) is 0 Å². The number of nitrogens with zero attached hydrogens (tertiary/aromatic N) is 1. The second-order valence-corrected chi connectivity index (χ2v) is 8.24. The van der Waals surface area contributed by atoms with Crippen molar-refractivity contribution < 1.29 is 17.9 Å². The van der Waals surface area contributed by atoms with E-state index in [1.807, 2.05) is 6.07 Å². The smallest absolute Gasteiger partial charge is 0.263 e. The lowest BCUT2D eigenvalue weighted by Gasteiger charge is -2.10. The van der Waals surface area contributed by atoms with Gasteiger partial charge in [-0.25, -0.2) is 13.4 Å². The van der Waals surface area contributed by atoms with Crippen LogP contribution < -0.4 is 14.8 Å². The highest BCUT2D eigenvalue weighted by molar-refractivity contribution is 9.10. The molecule has 0 bridgehead atoms. The fraction of sp³-hybridized carbons (Fsp3) is 0.0526. The maximum Gasteiger partial charge on any atom is 0.263 e. The van der Waals surface area contributed by atoms with Gasteiger partial charge in [0.15, 0.2) is 6.61 Å². The van der Waals surface area contributed by atoms with Crippen molar-refractivity contribution in [2.45, 2.75) is 4.90 Å². The molecule has 0 fully saturated rings. The zero-order valence-corrected chi connectivity index (χ0v) is 16.9. The summed E-state index contributed by atoms with van der Waals surface area (Å²) >= 11 is 3.33. The van der Waals surface area contributed by atoms with Crippen LogP contribution in [0.5, 0.6) is 5.75 Å². The van der Waals surface area contributed by atoms with Gasteiger partial charge in [-0.05, 0) is 54.6 Å². The number of pyridine rings is 1. The Labute approximate surface area is 170 Å². The minimum Gasteiger partial charge on any atom is -0.484 e. The van der Waals surface area contributed by atoms with E-state index in [1.54, 1.807) is 36.4 Å². The fourth-order valence-electron chi connectivity index (χ4n) is 2.24. The first-order valence-electron chi connectivity index (χ1n) is 8.14. The van der Waals surface area contributed by atoms with Gasteiger partial charge in [0.1, 0.15) is 11.6 Å². The van der Waals surface area contributed by atoms with Crippen LogP contribution in [0.1, 0.15) is 0 Å². The van der Waals surface area contributed by atoms with Gasteiger partial charge in [0.25, 0.3) is 15.9 Å². The lowest BCUT2D eigenvalue weighted by Crippen LogP contribution is -2.20. The third-order valence-corrected chi connectivity index (χ3v) is 5.38. The molecule has 28 heavy (non-hydrogen) atoms. The van der Waals surface area contributed by atoms with E-state index >= 15 is 0 Å². The summed E-state index contributed by atoms with van der Waals surface area (Å²) in [5.74, 6) is 0.429. The molecule has 1 heterocycles. The highest BCUT2D eigenvalue weighted by Gasteiger charge is 2.15. The molecule has 2 aromatic carbocycles. The second kappa shape index (κ2) is 8.85. The standard InChI is InChI=1S/C19H16BrN3O4S/c20-14-4-3-5-16(12-14)27-13-19(24)22-15-7-9-17(10-8-15)28(25,26)23-18-6-1-2-11-21-18/h1-12H,13H2,(H,21,23)(H,22,24). The van der Waals surface area contributed by atoms with Gasteiger partial charge in [-0.2, -0.15) is 0 Å². The predicted molar refractivity (Wildman–Crippen MR) is 110 cm³/mol. The summed E-state index contributed by atoms with van der Waals surface area (Å²) in [7, 11) is -3.76. The lowest BCUT2D eigenvalue weighted by atomic mass is 10.3. The van der Waals surface area contributed by atoms with Crippen LogP contribution in [-0.2, 0) is 14.8 Å². The summed E-state index contributed by atoms with van der Waals surface area (Å²) in [6.45, 7) is -0.169. The summed E-state index contributed by atoms with van der Waals surface area (Å²) in [4.78, 5) is 16.0. The Hall–Kier alpha value is -2.91. The van der Waals surface area contributed by atoms with Crippen molar-refractivity contribution in [3.8, 4) is 5.75 Å². The van der Waals surface area contributed by atoms with Gasteiger partial charge < -0.3 is 10.1 Å². The zero-order valence-electron chi connectivity index (χ0n) is 14.5. The Morgan fingerprint density at radius 2 is 1.82 bits per heavy atom. The van der Waals surface area contributed by atoms with E-state index in [4.69, 9.17) is 4.74 Å². The van der Waals surface area contributed by atoms with E-state index in [9.17, 15) is 13.2 Å². The van der Waals surface area contributed by atoms with Crippen LogP contribution >= 0.6 is 15.9 Å². The van der Waals surface area contributed by atoms with Gasteiger partial charge in [0.05, 0.1) is 4.90 Å². The van der Waals surface area contributed by atoms with Crippen LogP contribution in [0.4, 0.5) is 11.5 Å². The Morgan fingerprint density at radius 1 is 1.04 bits per heavy atom. The number of nitrogens with one attached hydrogen (secondary N) is 2. The Kier molecular flexibility index (Phi) is 6.27. The molecular formula is C19H16BrN3O4S. The summed E-state index contributed by atoms with van der Waals surface area (Å²) in [5.41, 5.74) is 0.458. The minimum atomic E-state index is -3.76. The molecule has 0 aliphatic carbocycles. The van der Waals surface area contributed by atoms with Crippen molar-refractivity contribution in [2.24, 2.45) is 0 Å². The van der Waals surface area contributed by atoms with Crippen molar-refractivity contribution in [2.75, 3.05) is 16.6 Å². The quantitative estimate of drug-likeness (QED) is 0.559. The Morgan fingerprint density at radius 3 is 2.50 bits per heavy atom. The molecule has 9 heteroatoms. The van der Waals surface area contributed by atoms with Crippen molar-refractivity contribution in [3.05, 3.63) is 77.4 Å². The molecule has 1 aromatic heterocycles.